The van der Waals surface area contributed by atoms with Crippen molar-refractivity contribution in [2.24, 2.45) is 0 Å². The summed E-state index contributed by atoms with van der Waals surface area (Å²) in [7, 11) is 0. The minimum absolute atomic E-state index is 0.359. The molecule has 0 N–H and O–H groups in total. The lowest BCUT2D eigenvalue weighted by atomic mass is 10.0. The van der Waals surface area contributed by atoms with Crippen LogP contribution in [-0.2, 0) is 9.53 Å². The predicted octanol–water partition coefficient (Wildman–Crippen LogP) is 4.54. The first-order valence-corrected chi connectivity index (χ1v) is 6.43. The molecule has 0 fully saturated rings. The third kappa shape index (κ3) is 5.11. The van der Waals surface area contributed by atoms with Gasteiger partial charge in [-0.3, -0.25) is 0 Å². The Balaban J connectivity index is 2.87. The molecule has 0 heterocycles. The summed E-state index contributed by atoms with van der Waals surface area (Å²) in [5.41, 5.74) is 2.20. The number of carbonyl (C=O) groups is 1. The van der Waals surface area contributed by atoms with E-state index in [4.69, 9.17) is 4.74 Å². The maximum absolute atomic E-state index is 11.7. The summed E-state index contributed by atoms with van der Waals surface area (Å²) in [5.74, 6) is -0.389. The van der Waals surface area contributed by atoms with Crippen molar-refractivity contribution in [3.63, 3.8) is 0 Å². The molecule has 1 rings (SSSR count). The second-order valence-electron chi connectivity index (χ2n) is 4.54. The number of hydrogen-bond donors (Lipinski definition) is 0. The van der Waals surface area contributed by atoms with Crippen LogP contribution < -0.4 is 0 Å². The van der Waals surface area contributed by atoms with Crippen molar-refractivity contribution in [1.82, 2.24) is 0 Å². The molecule has 0 aliphatic heterocycles. The highest BCUT2D eigenvalue weighted by atomic mass is 16.5. The van der Waals surface area contributed by atoms with Crippen molar-refractivity contribution < 1.29 is 9.53 Å². The van der Waals surface area contributed by atoms with Crippen LogP contribution in [0.3, 0.4) is 0 Å². The minimum Gasteiger partial charge on any atom is -0.454 e. The zero-order valence-corrected chi connectivity index (χ0v) is 11.8. The van der Waals surface area contributed by atoms with Gasteiger partial charge in [-0.1, -0.05) is 73.9 Å². The van der Waals surface area contributed by atoms with Gasteiger partial charge in [-0.15, -0.1) is 0 Å². The maximum Gasteiger partial charge on any atom is 0.333 e. The summed E-state index contributed by atoms with van der Waals surface area (Å²) < 4.78 is 5.49. The van der Waals surface area contributed by atoms with Gasteiger partial charge in [0.25, 0.3) is 0 Å². The Kier molecular flexibility index (Phi) is 6.24. The van der Waals surface area contributed by atoms with Gasteiger partial charge < -0.3 is 4.74 Å². The first-order chi connectivity index (χ1) is 9.54. The van der Waals surface area contributed by atoms with Crippen LogP contribution in [0.2, 0.25) is 0 Å². The number of ether oxygens (including phenoxy) is 1. The lowest BCUT2D eigenvalue weighted by Crippen LogP contribution is -2.12. The third-order valence-corrected chi connectivity index (χ3v) is 2.68. The first kappa shape index (κ1) is 15.7. The zero-order chi connectivity index (χ0) is 15.0. The first-order valence-electron chi connectivity index (χ1n) is 6.43. The van der Waals surface area contributed by atoms with Crippen LogP contribution in [-0.4, -0.2) is 5.97 Å². The van der Waals surface area contributed by atoms with Crippen LogP contribution in [0.4, 0.5) is 0 Å². The van der Waals surface area contributed by atoms with Gasteiger partial charge in [0.1, 0.15) is 6.10 Å². The summed E-state index contributed by atoms with van der Waals surface area (Å²) in [6, 6.07) is 9.62. The van der Waals surface area contributed by atoms with E-state index in [1.165, 1.54) is 0 Å². The van der Waals surface area contributed by atoms with Crippen LogP contribution in [0.1, 0.15) is 25.0 Å². The van der Waals surface area contributed by atoms with E-state index in [1.807, 2.05) is 42.5 Å². The summed E-state index contributed by atoms with van der Waals surface area (Å²) in [6.07, 6.45) is 5.53. The van der Waals surface area contributed by atoms with Gasteiger partial charge in [-0.25, -0.2) is 4.79 Å². The Morgan fingerprint density at radius 3 is 2.50 bits per heavy atom. The van der Waals surface area contributed by atoms with E-state index < -0.39 is 0 Å². The number of hydrogen-bond acceptors (Lipinski definition) is 2. The molecule has 0 radical (unpaired) electrons. The smallest absolute Gasteiger partial charge is 0.333 e. The van der Waals surface area contributed by atoms with Crippen molar-refractivity contribution in [3.05, 3.63) is 85.0 Å². The molecule has 1 unspecified atom stereocenters. The number of benzene rings is 1. The maximum atomic E-state index is 11.7. The largest absolute Gasteiger partial charge is 0.454 e. The number of allylic oxidation sites excluding steroid dienone is 3. The Morgan fingerprint density at radius 2 is 1.95 bits per heavy atom. The Morgan fingerprint density at radius 1 is 1.30 bits per heavy atom. The van der Waals surface area contributed by atoms with Gasteiger partial charge in [0.05, 0.1) is 0 Å². The second kappa shape index (κ2) is 7.95. The quantitative estimate of drug-likeness (QED) is 0.412. The molecular weight excluding hydrogens is 248 g/mol. The number of esters is 1. The molecule has 1 aromatic carbocycles. The van der Waals surface area contributed by atoms with Crippen molar-refractivity contribution in [3.8, 4) is 0 Å². The molecule has 0 aliphatic carbocycles. The summed E-state index contributed by atoms with van der Waals surface area (Å²) in [6.45, 7) is 12.8. The topological polar surface area (TPSA) is 26.3 Å². The van der Waals surface area contributed by atoms with Crippen molar-refractivity contribution in [1.29, 1.82) is 0 Å². The molecule has 104 valence electrons. The molecule has 0 amide bonds. The van der Waals surface area contributed by atoms with E-state index >= 15 is 0 Å². The fourth-order valence-electron chi connectivity index (χ4n) is 1.64. The Labute approximate surface area is 120 Å². The normalized spacial score (nSPS) is 11.8. The van der Waals surface area contributed by atoms with Gasteiger partial charge in [0.15, 0.2) is 0 Å². The van der Waals surface area contributed by atoms with Crippen LogP contribution in [0, 0.1) is 0 Å². The molecule has 0 saturated heterocycles. The second-order valence-corrected chi connectivity index (χ2v) is 4.54. The van der Waals surface area contributed by atoms with Crippen LogP contribution in [0.15, 0.2) is 79.4 Å². The van der Waals surface area contributed by atoms with E-state index in [1.54, 1.807) is 13.0 Å². The molecule has 0 bridgehead atoms. The lowest BCUT2D eigenvalue weighted by Gasteiger charge is -2.18. The summed E-state index contributed by atoms with van der Waals surface area (Å²) >= 11 is 0. The molecule has 1 atom stereocenters. The summed E-state index contributed by atoms with van der Waals surface area (Å²) in [5, 5.41) is 0. The molecule has 0 aromatic heterocycles. The molecule has 0 aliphatic rings. The van der Waals surface area contributed by atoms with Crippen LogP contribution in [0.5, 0.6) is 0 Å². The molecule has 0 saturated carbocycles. The van der Waals surface area contributed by atoms with Crippen molar-refractivity contribution >= 4 is 5.97 Å². The fourth-order valence-corrected chi connectivity index (χ4v) is 1.64. The van der Waals surface area contributed by atoms with Gasteiger partial charge in [0.2, 0.25) is 0 Å². The highest BCUT2D eigenvalue weighted by molar-refractivity contribution is 5.87. The monoisotopic (exact) mass is 268 g/mol. The lowest BCUT2D eigenvalue weighted by molar-refractivity contribution is -0.144. The summed E-state index contributed by atoms with van der Waals surface area (Å²) in [4.78, 5) is 11.7. The number of rotatable bonds is 7. The van der Waals surface area contributed by atoms with Crippen LogP contribution in [0.25, 0.3) is 0 Å². The SMILES string of the molecule is C=C/C=C\C(=C)CC(OC(=O)C(=C)C)c1ccccc1. The van der Waals surface area contributed by atoms with E-state index in [9.17, 15) is 4.79 Å². The molecule has 2 heteroatoms. The molecular formula is C18H20O2. The van der Waals surface area contributed by atoms with Crippen molar-refractivity contribution in [2.45, 2.75) is 19.4 Å². The average molecular weight is 268 g/mol. The van der Waals surface area contributed by atoms with Gasteiger partial charge in [0, 0.05) is 12.0 Å². The van der Waals surface area contributed by atoms with E-state index in [0.29, 0.717) is 12.0 Å². The highest BCUT2D eigenvalue weighted by Crippen LogP contribution is 2.25. The fraction of sp³-hybridized carbons (Fsp3) is 0.167. The third-order valence-electron chi connectivity index (χ3n) is 2.68. The Hall–Kier alpha value is -2.35. The average Bonchev–Trinajstić information content (AvgIpc) is 2.45. The minimum atomic E-state index is -0.389. The number of carbonyl (C=O) groups excluding carboxylic acids is 1. The zero-order valence-electron chi connectivity index (χ0n) is 11.8. The van der Waals surface area contributed by atoms with E-state index in [0.717, 1.165) is 11.1 Å². The predicted molar refractivity (Wildman–Crippen MR) is 83.2 cm³/mol. The molecule has 1 aromatic rings. The van der Waals surface area contributed by atoms with Gasteiger partial charge in [-0.2, -0.15) is 0 Å². The van der Waals surface area contributed by atoms with Crippen LogP contribution >= 0.6 is 0 Å². The van der Waals surface area contributed by atoms with Crippen molar-refractivity contribution in [2.75, 3.05) is 0 Å². The Bertz CT molecular complexity index is 524. The van der Waals surface area contributed by atoms with E-state index in [2.05, 4.69) is 19.7 Å². The molecule has 0 spiro atoms. The standard InChI is InChI=1S/C18H20O2/c1-5-6-10-15(4)13-17(20-18(19)14(2)3)16-11-8-7-9-12-16/h5-12,17H,1-2,4,13H2,3H3/b10-6-. The highest BCUT2D eigenvalue weighted by Gasteiger charge is 2.17. The molecule has 2 nitrogen and oxygen atoms in total. The van der Waals surface area contributed by atoms with Gasteiger partial charge in [-0.05, 0) is 12.5 Å². The molecule has 20 heavy (non-hydrogen) atoms. The van der Waals surface area contributed by atoms with Gasteiger partial charge >= 0.3 is 5.97 Å². The van der Waals surface area contributed by atoms with E-state index in [-0.39, 0.29) is 12.1 Å².